The highest BCUT2D eigenvalue weighted by molar-refractivity contribution is 7.09. The van der Waals surface area contributed by atoms with Crippen molar-refractivity contribution in [2.75, 3.05) is 26.3 Å². The van der Waals surface area contributed by atoms with Crippen LogP contribution in [0.2, 0.25) is 0 Å². The highest BCUT2D eigenvalue weighted by Crippen LogP contribution is 2.08. The summed E-state index contributed by atoms with van der Waals surface area (Å²) in [5.74, 6) is 3.18. The van der Waals surface area contributed by atoms with E-state index in [0.717, 1.165) is 50.1 Å². The van der Waals surface area contributed by atoms with Gasteiger partial charge in [0.1, 0.15) is 12.4 Å². The third-order valence-electron chi connectivity index (χ3n) is 4.18. The van der Waals surface area contributed by atoms with E-state index in [1.807, 2.05) is 18.5 Å². The predicted molar refractivity (Wildman–Crippen MR) is 111 cm³/mol. The number of ether oxygens (including phenoxy) is 1. The van der Waals surface area contributed by atoms with Gasteiger partial charge < -0.3 is 19.9 Å². The maximum Gasteiger partial charge on any atom is 0.191 e. The molecule has 0 fully saturated rings. The Kier molecular flexibility index (Phi) is 9.27. The lowest BCUT2D eigenvalue weighted by Crippen LogP contribution is -2.40. The third-order valence-corrected chi connectivity index (χ3v) is 5.12. The molecule has 0 saturated carbocycles. The van der Waals surface area contributed by atoms with Gasteiger partial charge in [-0.3, -0.25) is 0 Å². The molecule has 0 spiro atoms. The Labute approximate surface area is 166 Å². The maximum absolute atomic E-state index is 5.67. The van der Waals surface area contributed by atoms with Crippen LogP contribution in [0, 0.1) is 12.8 Å². The molecule has 2 aromatic heterocycles. The second-order valence-electron chi connectivity index (χ2n) is 6.87. The molecule has 0 atom stereocenters. The van der Waals surface area contributed by atoms with Crippen molar-refractivity contribution in [3.05, 3.63) is 34.0 Å². The maximum atomic E-state index is 5.67. The summed E-state index contributed by atoms with van der Waals surface area (Å²) in [6.45, 7) is 9.86. The van der Waals surface area contributed by atoms with E-state index < -0.39 is 0 Å². The number of hydrogen-bond acceptors (Lipinski definition) is 5. The number of guanidine groups is 1. The minimum Gasteiger partial charge on any atom is -0.380 e. The molecule has 7 nitrogen and oxygen atoms in total. The zero-order valence-electron chi connectivity index (χ0n) is 16.9. The zero-order valence-corrected chi connectivity index (χ0v) is 17.7. The lowest BCUT2D eigenvalue weighted by Gasteiger charge is -2.13. The summed E-state index contributed by atoms with van der Waals surface area (Å²) in [5.41, 5.74) is 0. The van der Waals surface area contributed by atoms with Crippen LogP contribution in [-0.4, -0.2) is 47.0 Å². The van der Waals surface area contributed by atoms with E-state index in [9.17, 15) is 0 Å². The van der Waals surface area contributed by atoms with Gasteiger partial charge in [-0.25, -0.2) is 4.99 Å². The Bertz CT molecular complexity index is 680. The molecule has 2 rings (SSSR count). The Morgan fingerprint density at radius 1 is 1.26 bits per heavy atom. The van der Waals surface area contributed by atoms with Crippen LogP contribution in [0.15, 0.2) is 22.5 Å². The topological polar surface area (TPSA) is 76.4 Å². The van der Waals surface area contributed by atoms with E-state index >= 15 is 0 Å². The van der Waals surface area contributed by atoms with Crippen molar-refractivity contribution in [1.29, 1.82) is 0 Å². The summed E-state index contributed by atoms with van der Waals surface area (Å²) in [6, 6.07) is 4.24. The molecule has 0 aliphatic heterocycles. The SMILES string of the molecule is Cc1nnc(CN=C(NCCOCCC(C)C)NCCc2cccs2)n1C. The molecule has 0 aromatic carbocycles. The number of hydrogen-bond donors (Lipinski definition) is 2. The molecule has 8 heteroatoms. The average Bonchev–Trinajstić information content (AvgIpc) is 3.26. The lowest BCUT2D eigenvalue weighted by molar-refractivity contribution is 0.128. The van der Waals surface area contributed by atoms with Crippen molar-refractivity contribution in [2.24, 2.45) is 18.0 Å². The van der Waals surface area contributed by atoms with E-state index in [-0.39, 0.29) is 0 Å². The van der Waals surface area contributed by atoms with E-state index in [1.54, 1.807) is 11.3 Å². The standard InChI is InChI=1S/C19H32N6OS/c1-15(2)8-11-26-12-10-21-19(20-9-7-17-6-5-13-27-17)22-14-18-24-23-16(3)25(18)4/h5-6,13,15H,7-12,14H2,1-4H3,(H2,20,21,22). The van der Waals surface area contributed by atoms with Crippen molar-refractivity contribution < 1.29 is 4.74 Å². The van der Waals surface area contributed by atoms with Crippen LogP contribution >= 0.6 is 11.3 Å². The highest BCUT2D eigenvalue weighted by Gasteiger charge is 2.05. The number of nitrogens with one attached hydrogen (secondary N) is 2. The molecule has 0 bridgehead atoms. The second kappa shape index (κ2) is 11.7. The first-order valence-electron chi connectivity index (χ1n) is 9.53. The number of thiophene rings is 1. The van der Waals surface area contributed by atoms with Gasteiger partial charge in [0.2, 0.25) is 0 Å². The molecule has 150 valence electrons. The first-order chi connectivity index (χ1) is 13.1. The highest BCUT2D eigenvalue weighted by atomic mass is 32.1. The van der Waals surface area contributed by atoms with E-state index in [0.29, 0.717) is 19.1 Å². The Morgan fingerprint density at radius 3 is 2.74 bits per heavy atom. The summed E-state index contributed by atoms with van der Waals surface area (Å²) < 4.78 is 7.63. The predicted octanol–water partition coefficient (Wildman–Crippen LogP) is 2.53. The van der Waals surface area contributed by atoms with E-state index in [4.69, 9.17) is 4.74 Å². The normalized spacial score (nSPS) is 12.0. The summed E-state index contributed by atoms with van der Waals surface area (Å²) >= 11 is 1.78. The van der Waals surface area contributed by atoms with Crippen molar-refractivity contribution in [3.8, 4) is 0 Å². The number of aryl methyl sites for hydroxylation is 1. The Morgan fingerprint density at radius 2 is 2.07 bits per heavy atom. The summed E-state index contributed by atoms with van der Waals surface area (Å²) in [4.78, 5) is 6.02. The number of aliphatic imine (C=N–C) groups is 1. The van der Waals surface area contributed by atoms with Gasteiger partial charge in [0.05, 0.1) is 6.61 Å². The molecule has 0 saturated heterocycles. The molecular weight excluding hydrogens is 360 g/mol. The molecule has 2 N–H and O–H groups in total. The fourth-order valence-corrected chi connectivity index (χ4v) is 3.04. The van der Waals surface area contributed by atoms with Crippen molar-refractivity contribution >= 4 is 17.3 Å². The van der Waals surface area contributed by atoms with Crippen LogP contribution in [0.5, 0.6) is 0 Å². The summed E-state index contributed by atoms with van der Waals surface area (Å²) in [5, 5.41) is 17.1. The van der Waals surface area contributed by atoms with Crippen LogP contribution in [-0.2, 0) is 24.8 Å². The molecule has 0 radical (unpaired) electrons. The van der Waals surface area contributed by atoms with Crippen LogP contribution < -0.4 is 10.6 Å². The summed E-state index contributed by atoms with van der Waals surface area (Å²) in [6.07, 6.45) is 2.07. The molecule has 0 aliphatic rings. The molecule has 0 unspecified atom stereocenters. The van der Waals surface area contributed by atoms with Crippen LogP contribution in [0.1, 0.15) is 36.8 Å². The van der Waals surface area contributed by atoms with Gasteiger partial charge in [-0.2, -0.15) is 0 Å². The first-order valence-corrected chi connectivity index (χ1v) is 10.4. The minimum absolute atomic E-state index is 0.486. The number of rotatable bonds is 11. The van der Waals surface area contributed by atoms with Gasteiger partial charge in [-0.05, 0) is 37.1 Å². The van der Waals surface area contributed by atoms with Crippen LogP contribution in [0.4, 0.5) is 0 Å². The molecular formula is C19H32N6OS. The van der Waals surface area contributed by atoms with Gasteiger partial charge in [-0.15, -0.1) is 21.5 Å². The zero-order chi connectivity index (χ0) is 19.5. The van der Waals surface area contributed by atoms with Crippen molar-refractivity contribution in [3.63, 3.8) is 0 Å². The van der Waals surface area contributed by atoms with Crippen LogP contribution in [0.25, 0.3) is 0 Å². The molecule has 0 amide bonds. The quantitative estimate of drug-likeness (QED) is 0.349. The lowest BCUT2D eigenvalue weighted by atomic mass is 10.1. The average molecular weight is 393 g/mol. The third kappa shape index (κ3) is 8.09. The molecule has 27 heavy (non-hydrogen) atoms. The number of nitrogens with zero attached hydrogens (tertiary/aromatic N) is 4. The van der Waals surface area contributed by atoms with E-state index in [2.05, 4.69) is 57.2 Å². The van der Waals surface area contributed by atoms with Gasteiger partial charge in [0, 0.05) is 31.6 Å². The fourth-order valence-electron chi connectivity index (χ4n) is 2.33. The largest absolute Gasteiger partial charge is 0.380 e. The van der Waals surface area contributed by atoms with Crippen molar-refractivity contribution in [1.82, 2.24) is 25.4 Å². The fraction of sp³-hybridized carbons (Fsp3) is 0.632. The van der Waals surface area contributed by atoms with Gasteiger partial charge in [-0.1, -0.05) is 19.9 Å². The number of aromatic nitrogens is 3. The smallest absolute Gasteiger partial charge is 0.191 e. The molecule has 2 heterocycles. The van der Waals surface area contributed by atoms with Gasteiger partial charge in [0.15, 0.2) is 11.8 Å². The minimum atomic E-state index is 0.486. The summed E-state index contributed by atoms with van der Waals surface area (Å²) in [7, 11) is 1.96. The Balaban J connectivity index is 1.81. The second-order valence-corrected chi connectivity index (χ2v) is 7.90. The van der Waals surface area contributed by atoms with Crippen LogP contribution in [0.3, 0.4) is 0 Å². The Hall–Kier alpha value is -1.93. The molecule has 2 aromatic rings. The monoisotopic (exact) mass is 392 g/mol. The molecule has 0 aliphatic carbocycles. The van der Waals surface area contributed by atoms with Gasteiger partial charge >= 0.3 is 0 Å². The van der Waals surface area contributed by atoms with Gasteiger partial charge in [0.25, 0.3) is 0 Å². The van der Waals surface area contributed by atoms with E-state index in [1.165, 1.54) is 4.88 Å². The first kappa shape index (κ1) is 21.4. The van der Waals surface area contributed by atoms with Crippen molar-refractivity contribution in [2.45, 2.75) is 40.2 Å².